The lowest BCUT2D eigenvalue weighted by Crippen LogP contribution is -2.19. The summed E-state index contributed by atoms with van der Waals surface area (Å²) in [5.41, 5.74) is 0. The highest BCUT2D eigenvalue weighted by Gasteiger charge is 2.34. The van der Waals surface area contributed by atoms with E-state index in [1.807, 2.05) is 7.05 Å². The number of nitrogens with one attached hydrogen (secondary N) is 1. The molecule has 16 heavy (non-hydrogen) atoms. The van der Waals surface area contributed by atoms with Gasteiger partial charge in [-0.3, -0.25) is 4.57 Å². The van der Waals surface area contributed by atoms with Crippen molar-refractivity contribution in [3.05, 3.63) is 5.82 Å². The van der Waals surface area contributed by atoms with Gasteiger partial charge in [-0.2, -0.15) is 0 Å². The Morgan fingerprint density at radius 2 is 2.31 bits per heavy atom. The van der Waals surface area contributed by atoms with E-state index in [-0.39, 0.29) is 6.10 Å². The van der Waals surface area contributed by atoms with Crippen LogP contribution in [-0.4, -0.2) is 39.0 Å². The molecule has 0 aliphatic carbocycles. The molecular formula is C9H14N4O3. The summed E-state index contributed by atoms with van der Waals surface area (Å²) in [6.07, 6.45) is 0.175. The molecule has 0 saturated carbocycles. The second-order valence-electron chi connectivity index (χ2n) is 3.72. The van der Waals surface area contributed by atoms with Gasteiger partial charge in [0.05, 0.1) is 0 Å². The maximum Gasteiger partial charge on any atom is 0.332 e. The minimum absolute atomic E-state index is 0.277. The molecule has 0 bridgehead atoms. The molecule has 0 spiro atoms. The number of aromatic nitrogens is 3. The van der Waals surface area contributed by atoms with Gasteiger partial charge >= 0.3 is 5.97 Å². The van der Waals surface area contributed by atoms with Gasteiger partial charge in [0, 0.05) is 14.1 Å². The molecule has 2 atom stereocenters. The average Bonchev–Trinajstić information content (AvgIpc) is 2.83. The zero-order valence-corrected chi connectivity index (χ0v) is 9.17. The van der Waals surface area contributed by atoms with Crippen LogP contribution in [0.1, 0.15) is 24.8 Å². The summed E-state index contributed by atoms with van der Waals surface area (Å²) in [5.74, 6) is 0.379. The van der Waals surface area contributed by atoms with Crippen molar-refractivity contribution in [2.75, 3.05) is 12.4 Å². The van der Waals surface area contributed by atoms with Crippen molar-refractivity contribution in [2.24, 2.45) is 7.05 Å². The quantitative estimate of drug-likeness (QED) is 0.763. The SMILES string of the molecule is CNc1nnc(C2CCC(C(=O)O)O2)n1C. The van der Waals surface area contributed by atoms with E-state index in [4.69, 9.17) is 9.84 Å². The van der Waals surface area contributed by atoms with Crippen LogP contribution < -0.4 is 5.32 Å². The maximum atomic E-state index is 10.7. The van der Waals surface area contributed by atoms with Crippen LogP contribution in [0.4, 0.5) is 5.95 Å². The van der Waals surface area contributed by atoms with Crippen molar-refractivity contribution in [2.45, 2.75) is 25.0 Å². The molecule has 1 fully saturated rings. The molecular weight excluding hydrogens is 212 g/mol. The Hall–Kier alpha value is -1.63. The number of ether oxygens (including phenoxy) is 1. The Morgan fingerprint density at radius 3 is 2.81 bits per heavy atom. The second kappa shape index (κ2) is 4.09. The number of hydrogen-bond donors (Lipinski definition) is 2. The topological polar surface area (TPSA) is 89.3 Å². The van der Waals surface area contributed by atoms with Crippen LogP contribution >= 0.6 is 0 Å². The fourth-order valence-corrected chi connectivity index (χ4v) is 1.85. The molecule has 2 rings (SSSR count). The van der Waals surface area contributed by atoms with Gasteiger partial charge < -0.3 is 15.2 Å². The van der Waals surface area contributed by atoms with Crippen molar-refractivity contribution in [3.63, 3.8) is 0 Å². The molecule has 0 amide bonds. The molecule has 1 aliphatic heterocycles. The highest BCUT2D eigenvalue weighted by Crippen LogP contribution is 2.32. The summed E-state index contributed by atoms with van der Waals surface area (Å²) in [5, 5.41) is 19.6. The minimum Gasteiger partial charge on any atom is -0.479 e. The fraction of sp³-hybridized carbons (Fsp3) is 0.667. The molecule has 7 nitrogen and oxygen atoms in total. The maximum absolute atomic E-state index is 10.7. The van der Waals surface area contributed by atoms with Gasteiger partial charge in [0.2, 0.25) is 5.95 Å². The summed E-state index contributed by atoms with van der Waals surface area (Å²) < 4.78 is 7.17. The Kier molecular flexibility index (Phi) is 2.78. The third-order valence-corrected chi connectivity index (χ3v) is 2.72. The van der Waals surface area contributed by atoms with E-state index in [2.05, 4.69) is 15.5 Å². The van der Waals surface area contributed by atoms with Crippen LogP contribution in [0, 0.1) is 0 Å². The highest BCUT2D eigenvalue weighted by atomic mass is 16.5. The number of carbonyl (C=O) groups is 1. The predicted molar refractivity (Wildman–Crippen MR) is 55.0 cm³/mol. The molecule has 0 radical (unpaired) electrons. The van der Waals surface area contributed by atoms with E-state index in [9.17, 15) is 4.79 Å². The molecule has 1 aromatic rings. The van der Waals surface area contributed by atoms with Gasteiger partial charge in [0.15, 0.2) is 11.9 Å². The lowest BCUT2D eigenvalue weighted by molar-refractivity contribution is -0.149. The molecule has 7 heteroatoms. The Morgan fingerprint density at radius 1 is 1.56 bits per heavy atom. The Balaban J connectivity index is 2.14. The Bertz CT molecular complexity index is 403. The number of aliphatic carboxylic acids is 1. The van der Waals surface area contributed by atoms with Crippen molar-refractivity contribution < 1.29 is 14.6 Å². The van der Waals surface area contributed by atoms with Gasteiger partial charge in [0.1, 0.15) is 6.10 Å². The van der Waals surface area contributed by atoms with Crippen LogP contribution in [0.25, 0.3) is 0 Å². The first-order chi connectivity index (χ1) is 7.63. The first-order valence-corrected chi connectivity index (χ1v) is 5.08. The van der Waals surface area contributed by atoms with Crippen LogP contribution in [0.5, 0.6) is 0 Å². The number of nitrogens with zero attached hydrogens (tertiary/aromatic N) is 3. The van der Waals surface area contributed by atoms with E-state index in [0.29, 0.717) is 24.6 Å². The van der Waals surface area contributed by atoms with Crippen LogP contribution in [0.2, 0.25) is 0 Å². The highest BCUT2D eigenvalue weighted by molar-refractivity contribution is 5.72. The monoisotopic (exact) mass is 226 g/mol. The van der Waals surface area contributed by atoms with Gasteiger partial charge in [-0.1, -0.05) is 0 Å². The van der Waals surface area contributed by atoms with Crippen molar-refractivity contribution in [3.8, 4) is 0 Å². The first kappa shape index (κ1) is 10.9. The summed E-state index contributed by atoms with van der Waals surface area (Å²) in [6.45, 7) is 0. The summed E-state index contributed by atoms with van der Waals surface area (Å²) >= 11 is 0. The second-order valence-corrected chi connectivity index (χ2v) is 3.72. The third-order valence-electron chi connectivity index (χ3n) is 2.72. The number of hydrogen-bond acceptors (Lipinski definition) is 5. The van der Waals surface area contributed by atoms with Gasteiger partial charge in [0.25, 0.3) is 0 Å². The number of carboxylic acids is 1. The number of anilines is 1. The molecule has 1 aromatic heterocycles. The van der Waals surface area contributed by atoms with Crippen LogP contribution in [-0.2, 0) is 16.6 Å². The largest absolute Gasteiger partial charge is 0.479 e. The van der Waals surface area contributed by atoms with E-state index < -0.39 is 12.1 Å². The predicted octanol–water partition coefficient (Wildman–Crippen LogP) is 0.161. The van der Waals surface area contributed by atoms with Gasteiger partial charge in [-0.25, -0.2) is 4.79 Å². The number of carboxylic acid groups (broad SMARTS) is 1. The van der Waals surface area contributed by atoms with E-state index in [0.717, 1.165) is 0 Å². The molecule has 1 saturated heterocycles. The van der Waals surface area contributed by atoms with Crippen molar-refractivity contribution in [1.82, 2.24) is 14.8 Å². The zero-order valence-electron chi connectivity index (χ0n) is 9.17. The minimum atomic E-state index is -0.918. The van der Waals surface area contributed by atoms with Crippen LogP contribution in [0.3, 0.4) is 0 Å². The average molecular weight is 226 g/mol. The molecule has 2 N–H and O–H groups in total. The van der Waals surface area contributed by atoms with Crippen molar-refractivity contribution >= 4 is 11.9 Å². The van der Waals surface area contributed by atoms with E-state index in [1.165, 1.54) is 0 Å². The van der Waals surface area contributed by atoms with Gasteiger partial charge in [-0.05, 0) is 12.8 Å². The van der Waals surface area contributed by atoms with Crippen LogP contribution in [0.15, 0.2) is 0 Å². The van der Waals surface area contributed by atoms with E-state index >= 15 is 0 Å². The lowest BCUT2D eigenvalue weighted by atomic mass is 10.2. The zero-order chi connectivity index (χ0) is 11.7. The molecule has 88 valence electrons. The summed E-state index contributed by atoms with van der Waals surface area (Å²) in [7, 11) is 3.57. The molecule has 0 aromatic carbocycles. The fourth-order valence-electron chi connectivity index (χ4n) is 1.85. The summed E-state index contributed by atoms with van der Waals surface area (Å²) in [4.78, 5) is 10.7. The van der Waals surface area contributed by atoms with Gasteiger partial charge in [-0.15, -0.1) is 10.2 Å². The van der Waals surface area contributed by atoms with Crippen molar-refractivity contribution in [1.29, 1.82) is 0 Å². The normalized spacial score (nSPS) is 24.6. The standard InChI is InChI=1S/C9H14N4O3/c1-10-9-12-11-7(13(9)2)5-3-4-6(16-5)8(14)15/h5-6H,3-4H2,1-2H3,(H,10,12)(H,14,15). The smallest absolute Gasteiger partial charge is 0.332 e. The molecule has 2 unspecified atom stereocenters. The number of rotatable bonds is 3. The lowest BCUT2D eigenvalue weighted by Gasteiger charge is -2.10. The Labute approximate surface area is 92.4 Å². The van der Waals surface area contributed by atoms with E-state index in [1.54, 1.807) is 11.6 Å². The summed E-state index contributed by atoms with van der Waals surface area (Å²) in [6, 6.07) is 0. The molecule has 2 heterocycles. The molecule has 1 aliphatic rings. The third kappa shape index (κ3) is 1.73. The first-order valence-electron chi connectivity index (χ1n) is 5.08.